The Kier molecular flexibility index (Phi) is 4.14. The zero-order valence-electron chi connectivity index (χ0n) is 8.80. The van der Waals surface area contributed by atoms with Crippen molar-refractivity contribution in [1.82, 2.24) is 5.43 Å². The van der Waals surface area contributed by atoms with Crippen molar-refractivity contribution in [2.24, 2.45) is 10.8 Å². The maximum atomic E-state index is 10.4. The summed E-state index contributed by atoms with van der Waals surface area (Å²) in [7, 11) is 0. The summed E-state index contributed by atoms with van der Waals surface area (Å²) < 4.78 is 5.18. The molecule has 0 bridgehead atoms. The molecule has 1 rings (SSSR count). The molecule has 0 aliphatic rings. The molecule has 0 atom stereocenters. The number of primary amides is 1. The number of aromatic hydroxyl groups is 1. The van der Waals surface area contributed by atoms with Crippen molar-refractivity contribution in [3.63, 3.8) is 0 Å². The highest BCUT2D eigenvalue weighted by atomic mass is 16.5. The van der Waals surface area contributed by atoms with Crippen LogP contribution in [-0.2, 0) is 0 Å². The van der Waals surface area contributed by atoms with Gasteiger partial charge in [-0.25, -0.2) is 10.2 Å². The van der Waals surface area contributed by atoms with E-state index in [4.69, 9.17) is 10.5 Å². The van der Waals surface area contributed by atoms with Gasteiger partial charge in [0.1, 0.15) is 0 Å². The van der Waals surface area contributed by atoms with Crippen LogP contribution < -0.4 is 15.9 Å². The van der Waals surface area contributed by atoms with Gasteiger partial charge in [0, 0.05) is 5.56 Å². The van der Waals surface area contributed by atoms with E-state index in [-0.39, 0.29) is 5.75 Å². The highest BCUT2D eigenvalue weighted by molar-refractivity contribution is 5.85. The number of hydrogen-bond donors (Lipinski definition) is 3. The maximum Gasteiger partial charge on any atom is 0.332 e. The van der Waals surface area contributed by atoms with Crippen LogP contribution in [0.3, 0.4) is 0 Å². The number of benzene rings is 1. The lowest BCUT2D eigenvalue weighted by Crippen LogP contribution is -2.24. The Balaban J connectivity index is 2.84. The number of phenolic OH excluding ortho intramolecular Hbond substituents is 1. The van der Waals surface area contributed by atoms with E-state index in [0.717, 1.165) is 0 Å². The summed E-state index contributed by atoms with van der Waals surface area (Å²) in [5.74, 6) is 0.338. The summed E-state index contributed by atoms with van der Waals surface area (Å²) in [6.45, 7) is 2.27. The first-order chi connectivity index (χ1) is 7.65. The number of para-hydroxylation sites is 1. The summed E-state index contributed by atoms with van der Waals surface area (Å²) in [5, 5.41) is 13.3. The Morgan fingerprint density at radius 3 is 3.06 bits per heavy atom. The molecule has 6 heteroatoms. The van der Waals surface area contributed by atoms with Crippen LogP contribution in [0.15, 0.2) is 23.3 Å². The van der Waals surface area contributed by atoms with Gasteiger partial charge in [-0.3, -0.25) is 0 Å². The fourth-order valence-electron chi connectivity index (χ4n) is 1.08. The number of amides is 2. The minimum absolute atomic E-state index is 0.0284. The Bertz CT molecular complexity index is 404. The number of hydrogen-bond acceptors (Lipinski definition) is 4. The van der Waals surface area contributed by atoms with Crippen LogP contribution in [0.25, 0.3) is 0 Å². The van der Waals surface area contributed by atoms with E-state index < -0.39 is 6.03 Å². The molecule has 2 amide bonds. The van der Waals surface area contributed by atoms with Crippen molar-refractivity contribution in [1.29, 1.82) is 0 Å². The van der Waals surface area contributed by atoms with Crippen molar-refractivity contribution in [2.75, 3.05) is 6.61 Å². The van der Waals surface area contributed by atoms with Crippen LogP contribution >= 0.6 is 0 Å². The van der Waals surface area contributed by atoms with E-state index in [9.17, 15) is 9.90 Å². The lowest BCUT2D eigenvalue weighted by atomic mass is 10.2. The molecular formula is C10H13N3O3. The molecule has 0 unspecified atom stereocenters. The lowest BCUT2D eigenvalue weighted by molar-refractivity contribution is 0.249. The Morgan fingerprint density at radius 2 is 2.44 bits per heavy atom. The minimum atomic E-state index is -0.767. The van der Waals surface area contributed by atoms with E-state index in [1.54, 1.807) is 18.2 Å². The van der Waals surface area contributed by atoms with Crippen molar-refractivity contribution in [3.8, 4) is 11.5 Å². The molecule has 86 valence electrons. The zero-order chi connectivity index (χ0) is 12.0. The fourth-order valence-corrected chi connectivity index (χ4v) is 1.08. The van der Waals surface area contributed by atoms with Crippen LogP contribution in [0.1, 0.15) is 12.5 Å². The molecule has 0 fully saturated rings. The number of carbonyl (C=O) groups is 1. The molecule has 1 aromatic carbocycles. The van der Waals surface area contributed by atoms with Crippen LogP contribution in [0.5, 0.6) is 11.5 Å². The van der Waals surface area contributed by atoms with Gasteiger partial charge < -0.3 is 15.6 Å². The normalized spacial score (nSPS) is 10.3. The highest BCUT2D eigenvalue weighted by Crippen LogP contribution is 2.28. The topological polar surface area (TPSA) is 96.9 Å². The number of hydrazone groups is 1. The average molecular weight is 223 g/mol. The summed E-state index contributed by atoms with van der Waals surface area (Å²) >= 11 is 0. The van der Waals surface area contributed by atoms with Crippen LogP contribution in [-0.4, -0.2) is 24.0 Å². The summed E-state index contributed by atoms with van der Waals surface area (Å²) in [6, 6.07) is 4.20. The smallest absolute Gasteiger partial charge is 0.332 e. The molecule has 16 heavy (non-hydrogen) atoms. The Morgan fingerprint density at radius 1 is 1.69 bits per heavy atom. The molecule has 0 aliphatic carbocycles. The molecule has 0 heterocycles. The van der Waals surface area contributed by atoms with Crippen molar-refractivity contribution in [3.05, 3.63) is 23.8 Å². The van der Waals surface area contributed by atoms with E-state index in [2.05, 4.69) is 5.10 Å². The SMILES string of the molecule is CCOc1cccc(C=NNC(N)=O)c1O. The van der Waals surface area contributed by atoms with Gasteiger partial charge in [-0.1, -0.05) is 6.07 Å². The van der Waals surface area contributed by atoms with Gasteiger partial charge in [-0.15, -0.1) is 0 Å². The third-order valence-corrected chi connectivity index (χ3v) is 1.71. The number of rotatable bonds is 4. The van der Waals surface area contributed by atoms with E-state index in [1.807, 2.05) is 12.3 Å². The van der Waals surface area contributed by atoms with Gasteiger partial charge >= 0.3 is 6.03 Å². The van der Waals surface area contributed by atoms with Crippen LogP contribution in [0.2, 0.25) is 0 Å². The molecular weight excluding hydrogens is 210 g/mol. The number of carbonyl (C=O) groups excluding carboxylic acids is 1. The van der Waals surface area contributed by atoms with Crippen molar-refractivity contribution in [2.45, 2.75) is 6.92 Å². The van der Waals surface area contributed by atoms with Gasteiger partial charge in [0.05, 0.1) is 12.8 Å². The zero-order valence-corrected chi connectivity index (χ0v) is 8.80. The standard InChI is InChI=1S/C10H13N3O3/c1-2-16-8-5-3-4-7(9(8)14)6-12-13-10(11)15/h3-6,14H,2H2,1H3,(H3,11,13,15). The predicted molar refractivity (Wildman–Crippen MR) is 59.6 cm³/mol. The first-order valence-corrected chi connectivity index (χ1v) is 4.68. The molecule has 6 nitrogen and oxygen atoms in total. The largest absolute Gasteiger partial charge is 0.504 e. The van der Waals surface area contributed by atoms with Crippen molar-refractivity contribution >= 4 is 12.2 Å². The number of nitrogens with one attached hydrogen (secondary N) is 1. The number of nitrogens with zero attached hydrogens (tertiary/aromatic N) is 1. The molecule has 0 saturated carbocycles. The molecule has 0 spiro atoms. The number of ether oxygens (including phenoxy) is 1. The predicted octanol–water partition coefficient (Wildman–Crippen LogP) is 0.793. The second-order valence-corrected chi connectivity index (χ2v) is 2.86. The number of phenols is 1. The second-order valence-electron chi connectivity index (χ2n) is 2.86. The summed E-state index contributed by atoms with van der Waals surface area (Å²) in [4.78, 5) is 10.4. The lowest BCUT2D eigenvalue weighted by Gasteiger charge is -2.06. The molecule has 0 saturated heterocycles. The molecule has 0 aromatic heterocycles. The van der Waals surface area contributed by atoms with Gasteiger partial charge in [0.25, 0.3) is 0 Å². The summed E-state index contributed by atoms with van der Waals surface area (Å²) in [5.41, 5.74) is 7.28. The number of urea groups is 1. The van der Waals surface area contributed by atoms with Crippen molar-refractivity contribution < 1.29 is 14.6 Å². The number of nitrogens with two attached hydrogens (primary N) is 1. The molecule has 0 aliphatic heterocycles. The van der Waals surface area contributed by atoms with Gasteiger partial charge in [-0.05, 0) is 19.1 Å². The van der Waals surface area contributed by atoms with Crippen LogP contribution in [0.4, 0.5) is 4.79 Å². The van der Waals surface area contributed by atoms with E-state index in [1.165, 1.54) is 6.21 Å². The van der Waals surface area contributed by atoms with E-state index in [0.29, 0.717) is 17.9 Å². The van der Waals surface area contributed by atoms with Gasteiger partial charge in [0.15, 0.2) is 11.5 Å². The molecule has 4 N–H and O–H groups in total. The first kappa shape index (κ1) is 11.8. The Labute approximate surface area is 92.7 Å². The van der Waals surface area contributed by atoms with Gasteiger partial charge in [0.2, 0.25) is 0 Å². The quantitative estimate of drug-likeness (QED) is 0.520. The first-order valence-electron chi connectivity index (χ1n) is 4.68. The minimum Gasteiger partial charge on any atom is -0.504 e. The monoisotopic (exact) mass is 223 g/mol. The Hall–Kier alpha value is -2.24. The third kappa shape index (κ3) is 3.16. The molecule has 0 radical (unpaired) electrons. The van der Waals surface area contributed by atoms with Gasteiger partial charge in [-0.2, -0.15) is 5.10 Å². The summed E-state index contributed by atoms with van der Waals surface area (Å²) in [6.07, 6.45) is 1.28. The van der Waals surface area contributed by atoms with E-state index >= 15 is 0 Å². The molecule has 1 aromatic rings. The van der Waals surface area contributed by atoms with Crippen LogP contribution in [0, 0.1) is 0 Å². The average Bonchev–Trinajstić information content (AvgIpc) is 2.23. The maximum absolute atomic E-state index is 10.4. The fraction of sp³-hybridized carbons (Fsp3) is 0.200. The third-order valence-electron chi connectivity index (χ3n) is 1.71. The second kappa shape index (κ2) is 5.59. The highest BCUT2D eigenvalue weighted by Gasteiger charge is 2.05.